The lowest BCUT2D eigenvalue weighted by atomic mass is 9.81. The van der Waals surface area contributed by atoms with Gasteiger partial charge < -0.3 is 25.8 Å². The van der Waals surface area contributed by atoms with E-state index in [-0.39, 0.29) is 35.6 Å². The monoisotopic (exact) mass is 695 g/mol. The average Bonchev–Trinajstić information content (AvgIpc) is 3.64. The number of amides is 3. The van der Waals surface area contributed by atoms with E-state index in [2.05, 4.69) is 36.6 Å². The van der Waals surface area contributed by atoms with Crippen LogP contribution in [0.1, 0.15) is 73.5 Å². The van der Waals surface area contributed by atoms with E-state index in [0.29, 0.717) is 30.9 Å². The topological polar surface area (TPSA) is 188 Å². The number of ether oxygens (including phenoxy) is 1. The van der Waals surface area contributed by atoms with E-state index in [1.807, 2.05) is 58.9 Å². The molecule has 268 valence electrons. The van der Waals surface area contributed by atoms with Gasteiger partial charge in [-0.25, -0.2) is 9.59 Å². The van der Waals surface area contributed by atoms with Gasteiger partial charge >= 0.3 is 12.1 Å². The van der Waals surface area contributed by atoms with Gasteiger partial charge in [0.15, 0.2) is 0 Å². The molecule has 3 amide bonds. The van der Waals surface area contributed by atoms with Gasteiger partial charge in [-0.3, -0.25) is 9.59 Å². The number of anilines is 1. The normalized spacial score (nSPS) is 16.5. The van der Waals surface area contributed by atoms with Crippen LogP contribution in [-0.2, 0) is 20.7 Å². The molecule has 13 heteroatoms. The average molecular weight is 696 g/mol. The molecule has 1 atom stereocenters. The van der Waals surface area contributed by atoms with Crippen molar-refractivity contribution in [1.29, 1.82) is 0 Å². The van der Waals surface area contributed by atoms with Crippen LogP contribution < -0.4 is 16.0 Å². The summed E-state index contributed by atoms with van der Waals surface area (Å²) >= 11 is 0. The summed E-state index contributed by atoms with van der Waals surface area (Å²) in [7, 11) is 0. The molecule has 1 aromatic heterocycles. The molecule has 1 aliphatic rings. The van der Waals surface area contributed by atoms with Gasteiger partial charge in [-0.2, -0.15) is 5.21 Å². The lowest BCUT2D eigenvalue weighted by Gasteiger charge is -2.29. The van der Waals surface area contributed by atoms with Crippen molar-refractivity contribution >= 4 is 29.6 Å². The number of carbonyl (C=O) groups excluding carboxylic acids is 3. The number of carbonyl (C=O) groups is 4. The lowest BCUT2D eigenvalue weighted by Crippen LogP contribution is -2.48. The van der Waals surface area contributed by atoms with Crippen LogP contribution in [0.25, 0.3) is 22.5 Å². The number of carboxylic acids is 1. The van der Waals surface area contributed by atoms with E-state index < -0.39 is 23.7 Å². The molecule has 0 saturated heterocycles. The van der Waals surface area contributed by atoms with Crippen molar-refractivity contribution < 1.29 is 29.0 Å². The van der Waals surface area contributed by atoms with Crippen molar-refractivity contribution in [3.63, 3.8) is 0 Å². The Hall–Kier alpha value is -5.59. The van der Waals surface area contributed by atoms with Gasteiger partial charge in [-0.1, -0.05) is 24.3 Å². The van der Waals surface area contributed by atoms with Crippen LogP contribution in [0.15, 0.2) is 60.7 Å². The number of benzene rings is 3. The Labute approximate surface area is 297 Å². The molecule has 0 bridgehead atoms. The number of aromatic carboxylic acids is 1. The zero-order chi connectivity index (χ0) is 36.7. The van der Waals surface area contributed by atoms with Crippen molar-refractivity contribution in [3.8, 4) is 22.5 Å². The fourth-order valence-corrected chi connectivity index (χ4v) is 6.22. The number of aromatic nitrogens is 4. The summed E-state index contributed by atoms with van der Waals surface area (Å²) < 4.78 is 5.34. The summed E-state index contributed by atoms with van der Waals surface area (Å²) in [5.41, 5.74) is 5.28. The number of aromatic amines is 1. The van der Waals surface area contributed by atoms with E-state index >= 15 is 0 Å². The molecule has 0 unspecified atom stereocenters. The van der Waals surface area contributed by atoms with Crippen LogP contribution in [-0.4, -0.2) is 67.8 Å². The molecule has 5 N–H and O–H groups in total. The van der Waals surface area contributed by atoms with Gasteiger partial charge in [0.2, 0.25) is 17.6 Å². The Morgan fingerprint density at radius 3 is 2.22 bits per heavy atom. The van der Waals surface area contributed by atoms with Crippen molar-refractivity contribution in [2.75, 3.05) is 11.9 Å². The number of hydrogen-bond donors (Lipinski definition) is 5. The van der Waals surface area contributed by atoms with Crippen LogP contribution in [0.4, 0.5) is 10.5 Å². The van der Waals surface area contributed by atoms with Gasteiger partial charge in [0.25, 0.3) is 0 Å². The Kier molecular flexibility index (Phi) is 11.5. The minimum absolute atomic E-state index is 0.186. The van der Waals surface area contributed by atoms with Gasteiger partial charge in [0.05, 0.1) is 5.56 Å². The summed E-state index contributed by atoms with van der Waals surface area (Å²) in [6.07, 6.45) is 2.60. The first-order valence-corrected chi connectivity index (χ1v) is 17.1. The smallest absolute Gasteiger partial charge is 0.407 e. The molecule has 0 radical (unpaired) electrons. The second kappa shape index (κ2) is 16.0. The predicted octanol–water partition coefficient (Wildman–Crippen LogP) is 5.85. The molecular weight excluding hydrogens is 650 g/mol. The third-order valence-electron chi connectivity index (χ3n) is 9.16. The van der Waals surface area contributed by atoms with Crippen molar-refractivity contribution in [3.05, 3.63) is 82.9 Å². The zero-order valence-corrected chi connectivity index (χ0v) is 29.6. The fourth-order valence-electron chi connectivity index (χ4n) is 6.22. The van der Waals surface area contributed by atoms with Crippen LogP contribution in [0.2, 0.25) is 0 Å². The highest BCUT2D eigenvalue weighted by molar-refractivity contribution is 5.98. The SMILES string of the molecule is Cc1cc(C(=O)O)cc(-c2ccc(C[C@H](NC(=O)[C@H]3CC[C@H](CNC(=O)OC(C)(C)C)CC3)C(=O)Nc3ccc(-c4nn[nH]n4)cc3)cc2)c1C. The number of H-pyrrole nitrogens is 1. The van der Waals surface area contributed by atoms with Crippen molar-refractivity contribution in [2.45, 2.75) is 78.4 Å². The first-order chi connectivity index (χ1) is 24.3. The molecule has 0 spiro atoms. The van der Waals surface area contributed by atoms with Crippen molar-refractivity contribution in [2.24, 2.45) is 11.8 Å². The molecule has 4 aromatic rings. The van der Waals surface area contributed by atoms with Gasteiger partial charge in [-0.05, 0) is 136 Å². The summed E-state index contributed by atoms with van der Waals surface area (Å²) in [4.78, 5) is 51.2. The minimum Gasteiger partial charge on any atom is -0.478 e. The Bertz CT molecular complexity index is 1840. The second-order valence-electron chi connectivity index (χ2n) is 14.1. The van der Waals surface area contributed by atoms with Gasteiger partial charge in [0.1, 0.15) is 11.6 Å². The Morgan fingerprint density at radius 1 is 0.941 bits per heavy atom. The Balaban J connectivity index is 1.27. The largest absolute Gasteiger partial charge is 0.478 e. The predicted molar refractivity (Wildman–Crippen MR) is 192 cm³/mol. The van der Waals surface area contributed by atoms with E-state index in [1.165, 1.54) is 0 Å². The number of hydrogen-bond acceptors (Lipinski definition) is 8. The van der Waals surface area contributed by atoms with Crippen LogP contribution in [0.5, 0.6) is 0 Å². The van der Waals surface area contributed by atoms with Crippen molar-refractivity contribution in [1.82, 2.24) is 31.3 Å². The molecule has 1 heterocycles. The minimum atomic E-state index is -0.990. The van der Waals surface area contributed by atoms with Crippen LogP contribution in [0, 0.1) is 25.7 Å². The van der Waals surface area contributed by atoms with Gasteiger partial charge in [0, 0.05) is 30.1 Å². The number of nitrogens with one attached hydrogen (secondary N) is 4. The first kappa shape index (κ1) is 36.7. The number of alkyl carbamates (subject to hydrolysis) is 1. The summed E-state index contributed by atoms with van der Waals surface area (Å²) in [6, 6.07) is 17.1. The quantitative estimate of drug-likeness (QED) is 0.128. The van der Waals surface area contributed by atoms with E-state index in [4.69, 9.17) is 4.74 Å². The third-order valence-corrected chi connectivity index (χ3v) is 9.16. The summed E-state index contributed by atoms with van der Waals surface area (Å²) in [5.74, 6) is -1.14. The third kappa shape index (κ3) is 9.99. The molecular formula is C38H45N7O6. The molecule has 3 aromatic carbocycles. The van der Waals surface area contributed by atoms with E-state index in [1.54, 1.807) is 36.4 Å². The number of rotatable bonds is 11. The molecule has 1 fully saturated rings. The van der Waals surface area contributed by atoms with Crippen LogP contribution >= 0.6 is 0 Å². The molecule has 51 heavy (non-hydrogen) atoms. The van der Waals surface area contributed by atoms with Crippen LogP contribution in [0.3, 0.4) is 0 Å². The number of tetrazole rings is 1. The second-order valence-corrected chi connectivity index (χ2v) is 14.1. The molecule has 1 aliphatic carbocycles. The number of carboxylic acid groups (broad SMARTS) is 1. The highest BCUT2D eigenvalue weighted by Crippen LogP contribution is 2.30. The highest BCUT2D eigenvalue weighted by Gasteiger charge is 2.30. The summed E-state index contributed by atoms with van der Waals surface area (Å²) in [5, 5.41) is 32.3. The molecule has 0 aliphatic heterocycles. The lowest BCUT2D eigenvalue weighted by molar-refractivity contribution is -0.130. The maximum Gasteiger partial charge on any atom is 0.407 e. The molecule has 1 saturated carbocycles. The fraction of sp³-hybridized carbons (Fsp3) is 0.395. The maximum absolute atomic E-state index is 13.7. The maximum atomic E-state index is 13.7. The van der Waals surface area contributed by atoms with E-state index in [0.717, 1.165) is 46.2 Å². The molecule has 13 nitrogen and oxygen atoms in total. The standard InChI is InChI=1S/C38H45N7O6/c1-22-18-29(36(48)49)20-31(23(22)2)26-10-6-24(7-11-26)19-32(35(47)40-30-16-14-27(15-17-30)33-42-44-45-43-33)41-34(46)28-12-8-25(9-13-28)21-39-37(50)51-38(3,4)5/h6-7,10-11,14-18,20,25,28,32H,8-9,12-13,19,21H2,1-5H3,(H,39,50)(H,40,47)(H,41,46)(H,48,49)(H,42,43,44,45)/t25-,28-,32-/m0/s1. The number of nitrogens with zero attached hydrogens (tertiary/aromatic N) is 3. The zero-order valence-electron chi connectivity index (χ0n) is 29.6. The Morgan fingerprint density at radius 2 is 1.61 bits per heavy atom. The first-order valence-electron chi connectivity index (χ1n) is 17.1. The van der Waals surface area contributed by atoms with Gasteiger partial charge in [-0.15, -0.1) is 10.2 Å². The summed E-state index contributed by atoms with van der Waals surface area (Å²) in [6.45, 7) is 9.78. The number of aryl methyl sites for hydroxylation is 1. The van der Waals surface area contributed by atoms with E-state index in [9.17, 15) is 24.3 Å². The molecule has 5 rings (SSSR count). The highest BCUT2D eigenvalue weighted by atomic mass is 16.6.